The largest absolute Gasteiger partial charge is 0.504 e. The maximum absolute atomic E-state index is 12.9. The predicted molar refractivity (Wildman–Crippen MR) is 75.5 cm³/mol. The van der Waals surface area contributed by atoms with Crippen LogP contribution in [0.1, 0.15) is 16.9 Å². The number of halogens is 1. The normalized spacial score (nSPS) is 11.3. The zero-order valence-electron chi connectivity index (χ0n) is 11.7. The summed E-state index contributed by atoms with van der Waals surface area (Å²) in [4.78, 5) is 22.4. The average Bonchev–Trinajstić information content (AvgIpc) is 2.96. The highest BCUT2D eigenvalue weighted by atomic mass is 19.1. The van der Waals surface area contributed by atoms with E-state index in [0.29, 0.717) is 12.0 Å². The molecule has 22 heavy (non-hydrogen) atoms. The standard InChI is InChI=1S/C16H13FO5/c1-21-16(20)14(19)9-13(18)15-11(6-7-22-15)8-10-2-4-12(17)5-3-10/h2-7,9,18H,8H2,1H3. The van der Waals surface area contributed by atoms with E-state index in [0.717, 1.165) is 18.7 Å². The number of hydrogen-bond donors (Lipinski definition) is 1. The van der Waals surface area contributed by atoms with Crippen LogP contribution in [0.25, 0.3) is 5.76 Å². The van der Waals surface area contributed by atoms with E-state index < -0.39 is 17.5 Å². The third-order valence-electron chi connectivity index (χ3n) is 2.94. The Kier molecular flexibility index (Phi) is 4.73. The van der Waals surface area contributed by atoms with Crippen molar-refractivity contribution in [2.45, 2.75) is 6.42 Å². The number of benzene rings is 1. The number of esters is 1. The molecular weight excluding hydrogens is 291 g/mol. The first-order chi connectivity index (χ1) is 10.5. The van der Waals surface area contributed by atoms with Crippen molar-refractivity contribution in [1.29, 1.82) is 0 Å². The zero-order chi connectivity index (χ0) is 16.1. The fourth-order valence-electron chi connectivity index (χ4n) is 1.87. The minimum atomic E-state index is -1.09. The summed E-state index contributed by atoms with van der Waals surface area (Å²) in [5.41, 5.74) is 1.40. The fourth-order valence-corrected chi connectivity index (χ4v) is 1.87. The molecule has 0 spiro atoms. The molecule has 1 aromatic heterocycles. The van der Waals surface area contributed by atoms with Crippen molar-refractivity contribution >= 4 is 17.5 Å². The van der Waals surface area contributed by atoms with Gasteiger partial charge >= 0.3 is 5.97 Å². The van der Waals surface area contributed by atoms with Gasteiger partial charge in [0, 0.05) is 18.1 Å². The topological polar surface area (TPSA) is 76.7 Å². The third kappa shape index (κ3) is 3.60. The van der Waals surface area contributed by atoms with Crippen molar-refractivity contribution in [3.8, 4) is 0 Å². The molecule has 0 radical (unpaired) electrons. The van der Waals surface area contributed by atoms with E-state index in [-0.39, 0.29) is 11.6 Å². The first-order valence-electron chi connectivity index (χ1n) is 6.35. The summed E-state index contributed by atoms with van der Waals surface area (Å²) in [5.74, 6) is -2.83. The number of rotatable bonds is 5. The fraction of sp³-hybridized carbons (Fsp3) is 0.125. The maximum Gasteiger partial charge on any atom is 0.378 e. The molecule has 0 aliphatic rings. The van der Waals surface area contributed by atoms with Gasteiger partial charge in [-0.2, -0.15) is 0 Å². The van der Waals surface area contributed by atoms with Crippen molar-refractivity contribution in [3.05, 3.63) is 65.4 Å². The Morgan fingerprint density at radius 3 is 2.59 bits per heavy atom. The molecule has 0 amide bonds. The lowest BCUT2D eigenvalue weighted by Crippen LogP contribution is -2.13. The Bertz CT molecular complexity index is 712. The van der Waals surface area contributed by atoms with E-state index in [1.54, 1.807) is 18.2 Å². The number of furan rings is 1. The van der Waals surface area contributed by atoms with Gasteiger partial charge in [-0.25, -0.2) is 9.18 Å². The first kappa shape index (κ1) is 15.5. The van der Waals surface area contributed by atoms with Crippen molar-refractivity contribution in [1.82, 2.24) is 0 Å². The summed E-state index contributed by atoms with van der Waals surface area (Å²) in [6, 6.07) is 7.47. The number of carbonyl (C=O) groups is 2. The van der Waals surface area contributed by atoms with Crippen molar-refractivity contribution in [3.63, 3.8) is 0 Å². The summed E-state index contributed by atoms with van der Waals surface area (Å²) in [6.07, 6.45) is 2.45. The van der Waals surface area contributed by atoms with Gasteiger partial charge in [0.15, 0.2) is 11.5 Å². The maximum atomic E-state index is 12.9. The van der Waals surface area contributed by atoms with Crippen LogP contribution < -0.4 is 0 Å². The predicted octanol–water partition coefficient (Wildman–Crippen LogP) is 2.65. The molecular formula is C16H13FO5. The van der Waals surface area contributed by atoms with Crippen LogP contribution in [-0.2, 0) is 20.7 Å². The molecule has 2 rings (SSSR count). The number of ketones is 1. The van der Waals surface area contributed by atoms with Crippen LogP contribution in [0.5, 0.6) is 0 Å². The molecule has 1 N–H and O–H groups in total. The van der Waals surface area contributed by atoms with Crippen LogP contribution >= 0.6 is 0 Å². The Morgan fingerprint density at radius 1 is 1.27 bits per heavy atom. The van der Waals surface area contributed by atoms with E-state index in [2.05, 4.69) is 4.74 Å². The van der Waals surface area contributed by atoms with Crippen molar-refractivity contribution in [2.24, 2.45) is 0 Å². The molecule has 0 unspecified atom stereocenters. The molecule has 0 fully saturated rings. The van der Waals surface area contributed by atoms with E-state index in [9.17, 15) is 19.1 Å². The Morgan fingerprint density at radius 2 is 1.95 bits per heavy atom. The number of ether oxygens (including phenoxy) is 1. The lowest BCUT2D eigenvalue weighted by atomic mass is 10.0. The van der Waals surface area contributed by atoms with Crippen LogP contribution in [0.2, 0.25) is 0 Å². The SMILES string of the molecule is COC(=O)C(=O)C=C(O)c1occc1Cc1ccc(F)cc1. The molecule has 0 atom stereocenters. The molecule has 1 aromatic carbocycles. The molecule has 0 bridgehead atoms. The Hall–Kier alpha value is -2.89. The summed E-state index contributed by atoms with van der Waals surface area (Å²) < 4.78 is 22.3. The average molecular weight is 304 g/mol. The van der Waals surface area contributed by atoms with Crippen LogP contribution in [0, 0.1) is 5.82 Å². The number of carbonyl (C=O) groups excluding carboxylic acids is 2. The van der Waals surface area contributed by atoms with Crippen LogP contribution in [0.15, 0.2) is 47.1 Å². The smallest absolute Gasteiger partial charge is 0.378 e. The minimum Gasteiger partial charge on any atom is -0.504 e. The van der Waals surface area contributed by atoms with Gasteiger partial charge in [0.1, 0.15) is 5.82 Å². The van der Waals surface area contributed by atoms with Crippen molar-refractivity contribution in [2.75, 3.05) is 7.11 Å². The quantitative estimate of drug-likeness (QED) is 0.398. The second kappa shape index (κ2) is 6.71. The monoisotopic (exact) mass is 304 g/mol. The van der Waals surface area contributed by atoms with E-state index in [1.807, 2.05) is 0 Å². The van der Waals surface area contributed by atoms with Gasteiger partial charge in [-0.15, -0.1) is 0 Å². The number of methoxy groups -OCH3 is 1. The summed E-state index contributed by atoms with van der Waals surface area (Å²) >= 11 is 0. The van der Waals surface area contributed by atoms with Gasteiger partial charge in [-0.05, 0) is 23.8 Å². The second-order valence-corrected chi connectivity index (χ2v) is 4.46. The third-order valence-corrected chi connectivity index (χ3v) is 2.94. The number of aliphatic hydroxyl groups excluding tert-OH is 1. The lowest BCUT2D eigenvalue weighted by Gasteiger charge is -2.03. The van der Waals surface area contributed by atoms with Crippen LogP contribution in [0.3, 0.4) is 0 Å². The van der Waals surface area contributed by atoms with Gasteiger partial charge in [0.05, 0.1) is 13.4 Å². The highest BCUT2D eigenvalue weighted by molar-refractivity contribution is 6.39. The van der Waals surface area contributed by atoms with Gasteiger partial charge in [0.2, 0.25) is 0 Å². The van der Waals surface area contributed by atoms with E-state index in [1.165, 1.54) is 18.4 Å². The second-order valence-electron chi connectivity index (χ2n) is 4.46. The van der Waals surface area contributed by atoms with Crippen molar-refractivity contribution < 1.29 is 28.2 Å². The zero-order valence-corrected chi connectivity index (χ0v) is 11.7. The van der Waals surface area contributed by atoms with Gasteiger partial charge in [-0.1, -0.05) is 12.1 Å². The van der Waals surface area contributed by atoms with Crippen LogP contribution in [0.4, 0.5) is 4.39 Å². The molecule has 6 heteroatoms. The summed E-state index contributed by atoms with van der Waals surface area (Å²) in [6.45, 7) is 0. The highest BCUT2D eigenvalue weighted by Gasteiger charge is 2.17. The molecule has 1 heterocycles. The van der Waals surface area contributed by atoms with Gasteiger partial charge < -0.3 is 14.3 Å². The molecule has 0 saturated heterocycles. The number of aliphatic hydroxyl groups is 1. The molecule has 114 valence electrons. The summed E-state index contributed by atoms with van der Waals surface area (Å²) in [5, 5.41) is 9.91. The first-order valence-corrected chi connectivity index (χ1v) is 6.35. The summed E-state index contributed by atoms with van der Waals surface area (Å²) in [7, 11) is 1.07. The highest BCUT2D eigenvalue weighted by Crippen LogP contribution is 2.22. The van der Waals surface area contributed by atoms with E-state index >= 15 is 0 Å². The minimum absolute atomic E-state index is 0.0709. The molecule has 0 aliphatic heterocycles. The van der Waals surface area contributed by atoms with Crippen LogP contribution in [-0.4, -0.2) is 24.0 Å². The molecule has 2 aromatic rings. The molecule has 0 aliphatic carbocycles. The Balaban J connectivity index is 2.22. The van der Waals surface area contributed by atoms with E-state index in [4.69, 9.17) is 4.42 Å². The lowest BCUT2D eigenvalue weighted by molar-refractivity contribution is -0.149. The molecule has 0 saturated carbocycles. The van der Waals surface area contributed by atoms with Gasteiger partial charge in [-0.3, -0.25) is 4.79 Å². The Labute approximate surface area is 125 Å². The molecule has 5 nitrogen and oxygen atoms in total. The number of hydrogen-bond acceptors (Lipinski definition) is 5. The van der Waals surface area contributed by atoms with Gasteiger partial charge in [0.25, 0.3) is 5.78 Å².